The Hall–Kier alpha value is -1.75. The van der Waals surface area contributed by atoms with Crippen molar-refractivity contribution >= 4 is 11.7 Å². The van der Waals surface area contributed by atoms with Crippen molar-refractivity contribution in [2.75, 3.05) is 25.1 Å². The molecule has 5 heteroatoms. The van der Waals surface area contributed by atoms with Gasteiger partial charge in [0.2, 0.25) is 0 Å². The van der Waals surface area contributed by atoms with Gasteiger partial charge in [0, 0.05) is 31.3 Å². The summed E-state index contributed by atoms with van der Waals surface area (Å²) in [6.07, 6.45) is 7.94. The van der Waals surface area contributed by atoms with Crippen LogP contribution in [0.2, 0.25) is 0 Å². The maximum Gasteiger partial charge on any atom is 0.322 e. The standard InChI is InChI=1S/C19H26N2O3/c22-19(20-15-7-8-18-14(12-15)9-11-24-18)21(16-4-1-2-5-16)13-17-6-3-10-23-17/h7-8,12,16-17H,1-6,9-11,13H2,(H,20,22)/t17-/m1/s1. The molecule has 5 nitrogen and oxygen atoms in total. The smallest absolute Gasteiger partial charge is 0.322 e. The molecule has 0 spiro atoms. The van der Waals surface area contributed by atoms with Crippen LogP contribution in [0.25, 0.3) is 0 Å². The number of nitrogens with one attached hydrogen (secondary N) is 1. The van der Waals surface area contributed by atoms with E-state index in [1.54, 1.807) is 0 Å². The molecule has 2 amide bonds. The summed E-state index contributed by atoms with van der Waals surface area (Å²) in [4.78, 5) is 14.9. The SMILES string of the molecule is O=C(Nc1ccc2c(c1)CCO2)N(C[C@H]1CCCO1)C1CCCC1. The monoisotopic (exact) mass is 330 g/mol. The molecule has 0 bridgehead atoms. The molecule has 1 aromatic rings. The number of carbonyl (C=O) groups excluding carboxylic acids is 1. The third kappa shape index (κ3) is 3.36. The Bertz CT molecular complexity index is 592. The molecule has 1 saturated carbocycles. The van der Waals surface area contributed by atoms with Crippen molar-refractivity contribution in [1.29, 1.82) is 0 Å². The van der Waals surface area contributed by atoms with Crippen molar-refractivity contribution in [3.63, 3.8) is 0 Å². The molecule has 3 aliphatic rings. The second-order valence-electron chi connectivity index (χ2n) is 7.08. The predicted molar refractivity (Wildman–Crippen MR) is 92.6 cm³/mol. The van der Waals surface area contributed by atoms with Gasteiger partial charge in [-0.3, -0.25) is 0 Å². The third-order valence-corrected chi connectivity index (χ3v) is 5.39. The Morgan fingerprint density at radius 1 is 1.17 bits per heavy atom. The molecule has 1 atom stereocenters. The van der Waals surface area contributed by atoms with Crippen molar-refractivity contribution in [3.8, 4) is 5.75 Å². The molecule has 1 aliphatic carbocycles. The highest BCUT2D eigenvalue weighted by atomic mass is 16.5. The maximum atomic E-state index is 12.9. The first kappa shape index (κ1) is 15.8. The Balaban J connectivity index is 1.45. The average Bonchev–Trinajstić information content (AvgIpc) is 3.33. The molecule has 2 heterocycles. The highest BCUT2D eigenvalue weighted by molar-refractivity contribution is 5.89. The van der Waals surface area contributed by atoms with E-state index in [0.717, 1.165) is 56.8 Å². The second-order valence-corrected chi connectivity index (χ2v) is 7.08. The van der Waals surface area contributed by atoms with Crippen LogP contribution in [0.3, 0.4) is 0 Å². The van der Waals surface area contributed by atoms with Crippen molar-refractivity contribution < 1.29 is 14.3 Å². The van der Waals surface area contributed by atoms with Crippen molar-refractivity contribution in [1.82, 2.24) is 4.90 Å². The van der Waals surface area contributed by atoms with E-state index in [9.17, 15) is 4.79 Å². The number of ether oxygens (including phenoxy) is 2. The lowest BCUT2D eigenvalue weighted by Gasteiger charge is -2.31. The van der Waals surface area contributed by atoms with Gasteiger partial charge in [-0.1, -0.05) is 12.8 Å². The number of hydrogen-bond acceptors (Lipinski definition) is 3. The Morgan fingerprint density at radius 2 is 2.04 bits per heavy atom. The van der Waals surface area contributed by atoms with Crippen LogP contribution in [-0.4, -0.2) is 42.8 Å². The van der Waals surface area contributed by atoms with Crippen molar-refractivity contribution in [2.24, 2.45) is 0 Å². The molecule has 24 heavy (non-hydrogen) atoms. The van der Waals surface area contributed by atoms with E-state index in [-0.39, 0.29) is 12.1 Å². The number of nitrogens with zero attached hydrogens (tertiary/aromatic N) is 1. The fourth-order valence-electron chi connectivity index (χ4n) is 4.08. The van der Waals surface area contributed by atoms with Gasteiger partial charge in [0.15, 0.2) is 0 Å². The van der Waals surface area contributed by atoms with Crippen LogP contribution in [-0.2, 0) is 11.2 Å². The molecule has 130 valence electrons. The molecular formula is C19H26N2O3. The summed E-state index contributed by atoms with van der Waals surface area (Å²) in [6, 6.07) is 6.29. The lowest BCUT2D eigenvalue weighted by molar-refractivity contribution is 0.0729. The van der Waals surface area contributed by atoms with Crippen LogP contribution >= 0.6 is 0 Å². The third-order valence-electron chi connectivity index (χ3n) is 5.39. The topological polar surface area (TPSA) is 50.8 Å². The lowest BCUT2D eigenvalue weighted by atomic mass is 10.1. The van der Waals surface area contributed by atoms with Crippen LogP contribution < -0.4 is 10.1 Å². The van der Waals surface area contributed by atoms with Gasteiger partial charge in [-0.05, 0) is 49.4 Å². The summed E-state index contributed by atoms with van der Waals surface area (Å²) in [6.45, 7) is 2.28. The molecule has 1 saturated heterocycles. The van der Waals surface area contributed by atoms with Gasteiger partial charge >= 0.3 is 6.03 Å². The number of fused-ring (bicyclic) bond motifs is 1. The van der Waals surface area contributed by atoms with E-state index < -0.39 is 0 Å². The normalized spacial score (nSPS) is 23.1. The van der Waals surface area contributed by atoms with E-state index in [1.165, 1.54) is 18.4 Å². The van der Waals surface area contributed by atoms with Crippen molar-refractivity contribution in [3.05, 3.63) is 23.8 Å². The van der Waals surface area contributed by atoms with Crippen LogP contribution in [0.5, 0.6) is 5.75 Å². The zero-order valence-corrected chi connectivity index (χ0v) is 14.1. The first-order valence-corrected chi connectivity index (χ1v) is 9.24. The van der Waals surface area contributed by atoms with E-state index in [0.29, 0.717) is 12.6 Å². The van der Waals surface area contributed by atoms with Crippen LogP contribution in [0, 0.1) is 0 Å². The Labute approximate surface area is 143 Å². The fraction of sp³-hybridized carbons (Fsp3) is 0.632. The van der Waals surface area contributed by atoms with Crippen LogP contribution in [0.15, 0.2) is 18.2 Å². The minimum atomic E-state index is 0.0104. The highest BCUT2D eigenvalue weighted by Crippen LogP contribution is 2.29. The van der Waals surface area contributed by atoms with Gasteiger partial charge in [-0.2, -0.15) is 0 Å². The number of urea groups is 1. The van der Waals surface area contributed by atoms with Crippen molar-refractivity contribution in [2.45, 2.75) is 57.1 Å². The Morgan fingerprint density at radius 3 is 2.83 bits per heavy atom. The molecule has 2 aliphatic heterocycles. The number of carbonyl (C=O) groups is 1. The molecule has 4 rings (SSSR count). The number of amides is 2. The summed E-state index contributed by atoms with van der Waals surface area (Å²) >= 11 is 0. The number of anilines is 1. The van der Waals surface area contributed by atoms with Gasteiger partial charge in [-0.15, -0.1) is 0 Å². The summed E-state index contributed by atoms with van der Waals surface area (Å²) in [5.41, 5.74) is 2.04. The van der Waals surface area contributed by atoms with Crippen LogP contribution in [0.1, 0.15) is 44.1 Å². The molecule has 0 radical (unpaired) electrons. The zero-order chi connectivity index (χ0) is 16.4. The maximum absolute atomic E-state index is 12.9. The van der Waals surface area contributed by atoms with E-state index in [1.807, 2.05) is 23.1 Å². The molecule has 1 aromatic carbocycles. The number of rotatable bonds is 4. The lowest BCUT2D eigenvalue weighted by Crippen LogP contribution is -2.45. The van der Waals surface area contributed by atoms with Gasteiger partial charge in [0.05, 0.1) is 12.7 Å². The average molecular weight is 330 g/mol. The predicted octanol–water partition coefficient (Wildman–Crippen LogP) is 3.58. The summed E-state index contributed by atoms with van der Waals surface area (Å²) < 4.78 is 11.3. The number of benzene rings is 1. The first-order valence-electron chi connectivity index (χ1n) is 9.24. The first-order chi connectivity index (χ1) is 11.8. The highest BCUT2D eigenvalue weighted by Gasteiger charge is 2.30. The minimum absolute atomic E-state index is 0.0104. The van der Waals surface area contributed by atoms with E-state index in [4.69, 9.17) is 9.47 Å². The largest absolute Gasteiger partial charge is 0.493 e. The minimum Gasteiger partial charge on any atom is -0.493 e. The van der Waals surface area contributed by atoms with Crippen LogP contribution in [0.4, 0.5) is 10.5 Å². The molecule has 0 unspecified atom stereocenters. The second kappa shape index (κ2) is 7.01. The van der Waals surface area contributed by atoms with Gasteiger partial charge in [0.1, 0.15) is 5.75 Å². The van der Waals surface area contributed by atoms with Gasteiger partial charge in [0.25, 0.3) is 0 Å². The quantitative estimate of drug-likeness (QED) is 0.918. The molecule has 1 N–H and O–H groups in total. The molecular weight excluding hydrogens is 304 g/mol. The molecule has 2 fully saturated rings. The summed E-state index contributed by atoms with van der Waals surface area (Å²) in [7, 11) is 0. The molecule has 0 aromatic heterocycles. The Kier molecular flexibility index (Phi) is 4.60. The van der Waals surface area contributed by atoms with Gasteiger partial charge < -0.3 is 19.7 Å². The number of hydrogen-bond donors (Lipinski definition) is 1. The zero-order valence-electron chi connectivity index (χ0n) is 14.1. The van der Waals surface area contributed by atoms with E-state index >= 15 is 0 Å². The summed E-state index contributed by atoms with van der Waals surface area (Å²) in [5, 5.41) is 3.10. The fourth-order valence-corrected chi connectivity index (χ4v) is 4.08. The van der Waals surface area contributed by atoms with Gasteiger partial charge in [-0.25, -0.2) is 4.79 Å². The van der Waals surface area contributed by atoms with E-state index in [2.05, 4.69) is 5.32 Å². The summed E-state index contributed by atoms with van der Waals surface area (Å²) in [5.74, 6) is 0.944.